The van der Waals surface area contributed by atoms with Crippen LogP contribution in [0, 0.1) is 4.64 Å². The molecule has 2 aromatic rings. The number of carbonyl (C=O) groups is 1. The topological polar surface area (TPSA) is 121 Å². The largest absolute Gasteiger partial charge is 0.481 e. The van der Waals surface area contributed by atoms with E-state index in [0.29, 0.717) is 16.2 Å². The fraction of sp³-hybridized carbons (Fsp3) is 0.333. The molecule has 2 aromatic heterocycles. The van der Waals surface area contributed by atoms with Crippen LogP contribution in [0.15, 0.2) is 0 Å². The molecule has 8 heteroatoms. The molecule has 5 N–H and O–H groups in total. The van der Waals surface area contributed by atoms with E-state index in [1.54, 1.807) is 0 Å². The van der Waals surface area contributed by atoms with Crippen LogP contribution < -0.4 is 5.73 Å². The third kappa shape index (κ3) is 3.52. The van der Waals surface area contributed by atoms with Gasteiger partial charge in [-0.25, -0.2) is 4.98 Å². The van der Waals surface area contributed by atoms with E-state index < -0.39 is 5.97 Å². The van der Waals surface area contributed by atoms with Gasteiger partial charge in [0.2, 0.25) is 5.95 Å². The van der Waals surface area contributed by atoms with Crippen molar-refractivity contribution < 1.29 is 9.90 Å². The minimum absolute atomic E-state index is 0.298. The van der Waals surface area contributed by atoms with Crippen molar-refractivity contribution in [1.82, 2.24) is 19.9 Å². The summed E-state index contributed by atoms with van der Waals surface area (Å²) in [6.45, 7) is 3.09. The molecular formula is C9H13N5O2S. The molecular weight excluding hydrogens is 242 g/mol. The van der Waals surface area contributed by atoms with Gasteiger partial charge in [0.25, 0.3) is 5.97 Å². The number of aromatic amines is 2. The van der Waals surface area contributed by atoms with E-state index in [-0.39, 0.29) is 0 Å². The molecule has 0 spiro atoms. The second-order valence-corrected chi connectivity index (χ2v) is 3.61. The molecule has 2 rings (SSSR count). The zero-order valence-electron chi connectivity index (χ0n) is 9.44. The van der Waals surface area contributed by atoms with E-state index in [9.17, 15) is 0 Å². The number of hydrogen-bond donors (Lipinski definition) is 4. The van der Waals surface area contributed by atoms with Gasteiger partial charge < -0.3 is 20.8 Å². The third-order valence-corrected chi connectivity index (χ3v) is 2.07. The van der Waals surface area contributed by atoms with Crippen molar-refractivity contribution in [3.63, 3.8) is 0 Å². The van der Waals surface area contributed by atoms with Crippen molar-refractivity contribution in [3.8, 4) is 0 Å². The van der Waals surface area contributed by atoms with Gasteiger partial charge in [0.15, 0.2) is 5.65 Å². The SMILES string of the molecule is CC(=O)O.CCc1nc2nc(N)[nH]c(=S)c2[nH]1. The fourth-order valence-electron chi connectivity index (χ4n) is 1.14. The molecule has 0 bridgehead atoms. The Kier molecular flexibility index (Phi) is 4.16. The number of carboxylic acid groups (broad SMARTS) is 1. The molecule has 2 heterocycles. The lowest BCUT2D eigenvalue weighted by molar-refractivity contribution is -0.134. The van der Waals surface area contributed by atoms with Crippen molar-refractivity contribution in [2.24, 2.45) is 0 Å². The number of imidazole rings is 1. The minimum atomic E-state index is -0.833. The maximum Gasteiger partial charge on any atom is 0.300 e. The second kappa shape index (κ2) is 5.39. The van der Waals surface area contributed by atoms with Crippen LogP contribution in [0.2, 0.25) is 0 Å². The molecule has 0 aliphatic rings. The molecule has 0 radical (unpaired) electrons. The smallest absolute Gasteiger partial charge is 0.300 e. The Morgan fingerprint density at radius 2 is 2.06 bits per heavy atom. The van der Waals surface area contributed by atoms with Crippen LogP contribution in [0.1, 0.15) is 19.7 Å². The average molecular weight is 255 g/mol. The summed E-state index contributed by atoms with van der Waals surface area (Å²) in [7, 11) is 0. The van der Waals surface area contributed by atoms with Crippen LogP contribution in [-0.2, 0) is 11.2 Å². The predicted octanol–water partition coefficient (Wildman–Crippen LogP) is 1.25. The monoisotopic (exact) mass is 255 g/mol. The van der Waals surface area contributed by atoms with E-state index in [1.807, 2.05) is 6.92 Å². The number of nitrogens with zero attached hydrogens (tertiary/aromatic N) is 2. The summed E-state index contributed by atoms with van der Waals surface area (Å²) in [5, 5.41) is 7.42. The molecule has 0 aliphatic heterocycles. The Labute approximate surface area is 102 Å². The molecule has 0 fully saturated rings. The van der Waals surface area contributed by atoms with Gasteiger partial charge >= 0.3 is 0 Å². The minimum Gasteiger partial charge on any atom is -0.481 e. The highest BCUT2D eigenvalue weighted by Crippen LogP contribution is 2.10. The molecule has 0 aromatic carbocycles. The van der Waals surface area contributed by atoms with Gasteiger partial charge in [0.05, 0.1) is 0 Å². The number of fused-ring (bicyclic) bond motifs is 1. The first-order valence-electron chi connectivity index (χ1n) is 4.88. The molecule has 0 amide bonds. The van der Waals surface area contributed by atoms with Crippen LogP contribution in [0.4, 0.5) is 5.95 Å². The van der Waals surface area contributed by atoms with E-state index in [1.165, 1.54) is 0 Å². The standard InChI is InChI=1S/C7H9N5S.C2H4O2/c1-2-3-9-4-5(10-3)11-7(8)12-6(4)13;1-2(3)4/h2H2,1H3,(H4,8,9,10,11,12,13);1H3,(H,3,4). The number of aromatic nitrogens is 4. The predicted molar refractivity (Wildman–Crippen MR) is 66.2 cm³/mol. The van der Waals surface area contributed by atoms with Crippen LogP contribution in [0.5, 0.6) is 0 Å². The van der Waals surface area contributed by atoms with Crippen LogP contribution >= 0.6 is 12.2 Å². The summed E-state index contributed by atoms with van der Waals surface area (Å²) >= 11 is 5.06. The highest BCUT2D eigenvalue weighted by atomic mass is 32.1. The Balaban J connectivity index is 0.000000317. The summed E-state index contributed by atoms with van der Waals surface area (Å²) in [5.41, 5.74) is 6.82. The lowest BCUT2D eigenvalue weighted by atomic mass is 10.5. The summed E-state index contributed by atoms with van der Waals surface area (Å²) in [4.78, 5) is 23.1. The van der Waals surface area contributed by atoms with E-state index >= 15 is 0 Å². The molecule has 0 atom stereocenters. The second-order valence-electron chi connectivity index (χ2n) is 3.21. The summed E-state index contributed by atoms with van der Waals surface area (Å²) in [6.07, 6.45) is 0.824. The number of nitrogens with two attached hydrogens (primary N) is 1. The molecule has 0 saturated carbocycles. The third-order valence-electron chi connectivity index (χ3n) is 1.76. The van der Waals surface area contributed by atoms with Crippen LogP contribution in [0.3, 0.4) is 0 Å². The first-order chi connectivity index (χ1) is 7.93. The molecule has 0 aliphatic carbocycles. The Bertz CT molecular complexity index is 585. The fourth-order valence-corrected chi connectivity index (χ4v) is 1.39. The molecule has 17 heavy (non-hydrogen) atoms. The zero-order valence-corrected chi connectivity index (χ0v) is 10.3. The van der Waals surface area contributed by atoms with Gasteiger partial charge in [-0.3, -0.25) is 4.79 Å². The molecule has 92 valence electrons. The van der Waals surface area contributed by atoms with Crippen LogP contribution in [-0.4, -0.2) is 31.0 Å². The summed E-state index contributed by atoms with van der Waals surface area (Å²) in [5.74, 6) is 0.333. The Morgan fingerprint density at radius 1 is 1.47 bits per heavy atom. The average Bonchev–Trinajstić information content (AvgIpc) is 2.59. The van der Waals surface area contributed by atoms with E-state index in [2.05, 4.69) is 19.9 Å². The summed E-state index contributed by atoms with van der Waals surface area (Å²) in [6, 6.07) is 0. The lowest BCUT2D eigenvalue weighted by Gasteiger charge is -1.91. The van der Waals surface area contributed by atoms with Gasteiger partial charge in [-0.1, -0.05) is 19.1 Å². The zero-order chi connectivity index (χ0) is 13.0. The number of aliphatic carboxylic acids is 1. The van der Waals surface area contributed by atoms with Gasteiger partial charge in [-0.2, -0.15) is 4.98 Å². The van der Waals surface area contributed by atoms with Crippen molar-refractivity contribution in [2.75, 3.05) is 5.73 Å². The number of rotatable bonds is 1. The van der Waals surface area contributed by atoms with Crippen molar-refractivity contribution in [2.45, 2.75) is 20.3 Å². The van der Waals surface area contributed by atoms with Crippen LogP contribution in [0.25, 0.3) is 11.2 Å². The first-order valence-corrected chi connectivity index (χ1v) is 5.28. The Hall–Kier alpha value is -1.96. The quantitative estimate of drug-likeness (QED) is 0.569. The summed E-state index contributed by atoms with van der Waals surface area (Å²) < 4.78 is 0.551. The highest BCUT2D eigenvalue weighted by molar-refractivity contribution is 7.71. The van der Waals surface area contributed by atoms with Crippen molar-refractivity contribution in [3.05, 3.63) is 10.5 Å². The number of nitrogens with one attached hydrogen (secondary N) is 2. The number of hydrogen-bond acceptors (Lipinski definition) is 5. The van der Waals surface area contributed by atoms with Gasteiger partial charge in [-0.05, 0) is 0 Å². The number of aryl methyl sites for hydroxylation is 1. The number of nitrogen functional groups attached to an aromatic ring is 1. The lowest BCUT2D eigenvalue weighted by Crippen LogP contribution is -1.94. The van der Waals surface area contributed by atoms with Crippen molar-refractivity contribution in [1.29, 1.82) is 0 Å². The van der Waals surface area contributed by atoms with Gasteiger partial charge in [0, 0.05) is 13.3 Å². The maximum absolute atomic E-state index is 9.00. The van der Waals surface area contributed by atoms with E-state index in [4.69, 9.17) is 27.9 Å². The molecule has 7 nitrogen and oxygen atoms in total. The Morgan fingerprint density at radius 3 is 2.59 bits per heavy atom. The van der Waals surface area contributed by atoms with Gasteiger partial charge in [0.1, 0.15) is 16.0 Å². The number of anilines is 1. The highest BCUT2D eigenvalue weighted by Gasteiger charge is 2.04. The molecule has 0 unspecified atom stereocenters. The number of carboxylic acids is 1. The van der Waals surface area contributed by atoms with Crippen molar-refractivity contribution >= 4 is 35.3 Å². The first kappa shape index (κ1) is 13.1. The van der Waals surface area contributed by atoms with E-state index in [0.717, 1.165) is 24.7 Å². The molecule has 0 saturated heterocycles. The maximum atomic E-state index is 9.00. The number of H-pyrrole nitrogens is 2. The van der Waals surface area contributed by atoms with Gasteiger partial charge in [-0.15, -0.1) is 0 Å². The normalized spacial score (nSPS) is 9.76.